The van der Waals surface area contributed by atoms with Crippen LogP contribution in [0.2, 0.25) is 0 Å². The third kappa shape index (κ3) is 2.40. The van der Waals surface area contributed by atoms with Gasteiger partial charge in [-0.25, -0.2) is 4.98 Å². The van der Waals surface area contributed by atoms with Crippen LogP contribution in [0.5, 0.6) is 0 Å². The monoisotopic (exact) mass is 247 g/mol. The van der Waals surface area contributed by atoms with Gasteiger partial charge in [0.2, 0.25) is 5.95 Å². The van der Waals surface area contributed by atoms with Gasteiger partial charge in [0.1, 0.15) is 0 Å². The molecule has 2 aliphatic carbocycles. The van der Waals surface area contributed by atoms with E-state index >= 15 is 0 Å². The largest absolute Gasteiger partial charge is 0.353 e. The molecule has 3 heteroatoms. The fraction of sp³-hybridized carbons (Fsp3) is 0.800. The molecule has 0 saturated heterocycles. The van der Waals surface area contributed by atoms with Gasteiger partial charge >= 0.3 is 0 Å². The molecule has 2 aliphatic rings. The first-order valence-corrected chi connectivity index (χ1v) is 7.43. The number of nitrogens with one attached hydrogen (secondary N) is 1. The van der Waals surface area contributed by atoms with Crippen molar-refractivity contribution in [1.29, 1.82) is 0 Å². The number of nitrogens with zero attached hydrogens (tertiary/aromatic N) is 2. The first-order chi connectivity index (χ1) is 8.64. The van der Waals surface area contributed by atoms with Crippen LogP contribution in [0.3, 0.4) is 0 Å². The van der Waals surface area contributed by atoms with Crippen LogP contribution in [0.1, 0.15) is 64.8 Å². The summed E-state index contributed by atoms with van der Waals surface area (Å²) in [7, 11) is 0. The Labute approximate surface area is 110 Å². The third-order valence-corrected chi connectivity index (χ3v) is 4.69. The highest BCUT2D eigenvalue weighted by molar-refractivity contribution is 5.29. The summed E-state index contributed by atoms with van der Waals surface area (Å²) in [6.07, 6.45) is 13.4. The van der Waals surface area contributed by atoms with Gasteiger partial charge in [0, 0.05) is 24.5 Å². The van der Waals surface area contributed by atoms with E-state index in [9.17, 15) is 0 Å². The Morgan fingerprint density at radius 2 is 2.06 bits per heavy atom. The molecule has 1 heterocycles. The zero-order valence-electron chi connectivity index (χ0n) is 11.7. The summed E-state index contributed by atoms with van der Waals surface area (Å²) in [5.41, 5.74) is 0.500. The molecule has 0 bridgehead atoms. The maximum absolute atomic E-state index is 4.52. The molecule has 1 N–H and O–H groups in total. The van der Waals surface area contributed by atoms with Crippen molar-refractivity contribution in [1.82, 2.24) is 9.55 Å². The van der Waals surface area contributed by atoms with Crippen LogP contribution < -0.4 is 5.32 Å². The van der Waals surface area contributed by atoms with E-state index in [-0.39, 0.29) is 0 Å². The zero-order chi connectivity index (χ0) is 12.6. The molecule has 1 unspecified atom stereocenters. The lowest BCUT2D eigenvalue weighted by Crippen LogP contribution is -2.19. The van der Waals surface area contributed by atoms with Gasteiger partial charge in [0.15, 0.2) is 0 Å². The van der Waals surface area contributed by atoms with Gasteiger partial charge in [0.25, 0.3) is 0 Å². The second kappa shape index (κ2) is 4.60. The zero-order valence-corrected chi connectivity index (χ0v) is 11.7. The highest BCUT2D eigenvalue weighted by Gasteiger charge is 2.33. The average Bonchev–Trinajstić information content (AvgIpc) is 3.00. The molecule has 2 fully saturated rings. The van der Waals surface area contributed by atoms with E-state index in [0.29, 0.717) is 17.5 Å². The molecule has 3 rings (SSSR count). The number of anilines is 1. The molecule has 1 aromatic rings. The van der Waals surface area contributed by atoms with Gasteiger partial charge in [-0.2, -0.15) is 0 Å². The van der Waals surface area contributed by atoms with Crippen molar-refractivity contribution in [2.75, 3.05) is 5.32 Å². The second-order valence-corrected chi connectivity index (χ2v) is 6.84. The van der Waals surface area contributed by atoms with Gasteiger partial charge in [-0.15, -0.1) is 0 Å². The van der Waals surface area contributed by atoms with Crippen molar-refractivity contribution in [2.45, 2.75) is 70.9 Å². The van der Waals surface area contributed by atoms with Gasteiger partial charge in [-0.1, -0.05) is 26.7 Å². The smallest absolute Gasteiger partial charge is 0.203 e. The Kier molecular flexibility index (Phi) is 3.08. The van der Waals surface area contributed by atoms with Gasteiger partial charge in [-0.3, -0.25) is 0 Å². The number of rotatable bonds is 3. The Balaban J connectivity index is 1.71. The van der Waals surface area contributed by atoms with E-state index in [1.807, 2.05) is 6.20 Å². The summed E-state index contributed by atoms with van der Waals surface area (Å²) < 4.78 is 2.38. The summed E-state index contributed by atoms with van der Waals surface area (Å²) in [5.74, 6) is 1.10. The summed E-state index contributed by atoms with van der Waals surface area (Å²) in [6, 6.07) is 1.30. The van der Waals surface area contributed by atoms with Crippen LogP contribution in [0.4, 0.5) is 5.95 Å². The molecule has 1 aromatic heterocycles. The van der Waals surface area contributed by atoms with Crippen LogP contribution in [-0.4, -0.2) is 15.6 Å². The van der Waals surface area contributed by atoms with Crippen molar-refractivity contribution in [3.8, 4) is 0 Å². The highest BCUT2D eigenvalue weighted by Crippen LogP contribution is 2.44. The molecule has 18 heavy (non-hydrogen) atoms. The van der Waals surface area contributed by atoms with Gasteiger partial charge in [-0.05, 0) is 37.5 Å². The second-order valence-electron chi connectivity index (χ2n) is 6.84. The molecule has 1 atom stereocenters. The fourth-order valence-electron chi connectivity index (χ4n) is 3.61. The Morgan fingerprint density at radius 1 is 1.28 bits per heavy atom. The molecule has 0 aromatic carbocycles. The van der Waals surface area contributed by atoms with Crippen LogP contribution in [0.15, 0.2) is 12.4 Å². The van der Waals surface area contributed by atoms with E-state index < -0.39 is 0 Å². The predicted molar refractivity (Wildman–Crippen MR) is 74.8 cm³/mol. The minimum atomic E-state index is 0.500. The van der Waals surface area contributed by atoms with Crippen molar-refractivity contribution >= 4 is 5.95 Å². The molecule has 3 nitrogen and oxygen atoms in total. The minimum Gasteiger partial charge on any atom is -0.353 e. The highest BCUT2D eigenvalue weighted by atomic mass is 15.2. The summed E-state index contributed by atoms with van der Waals surface area (Å²) in [6.45, 7) is 4.77. The summed E-state index contributed by atoms with van der Waals surface area (Å²) in [5, 5.41) is 3.65. The molecule has 0 amide bonds. The number of aromatic nitrogens is 2. The van der Waals surface area contributed by atoms with E-state index in [1.54, 1.807) is 0 Å². The van der Waals surface area contributed by atoms with E-state index in [2.05, 4.69) is 34.9 Å². The van der Waals surface area contributed by atoms with Crippen LogP contribution in [0.25, 0.3) is 0 Å². The maximum Gasteiger partial charge on any atom is 0.203 e. The first kappa shape index (κ1) is 12.1. The Hall–Kier alpha value is -0.990. The van der Waals surface area contributed by atoms with E-state index in [0.717, 1.165) is 5.95 Å². The van der Waals surface area contributed by atoms with Crippen LogP contribution in [0, 0.1) is 5.41 Å². The normalized spacial score (nSPS) is 27.8. The average molecular weight is 247 g/mol. The van der Waals surface area contributed by atoms with Crippen molar-refractivity contribution < 1.29 is 0 Å². The lowest BCUT2D eigenvalue weighted by Gasteiger charge is -2.21. The number of hydrogen-bond donors (Lipinski definition) is 1. The summed E-state index contributed by atoms with van der Waals surface area (Å²) >= 11 is 0. The lowest BCUT2D eigenvalue weighted by molar-refractivity contribution is 0.359. The van der Waals surface area contributed by atoms with Crippen molar-refractivity contribution in [3.63, 3.8) is 0 Å². The predicted octanol–water partition coefficient (Wildman–Crippen LogP) is 3.99. The molecule has 0 spiro atoms. The first-order valence-electron chi connectivity index (χ1n) is 7.43. The third-order valence-electron chi connectivity index (χ3n) is 4.69. The SMILES string of the molecule is CC1(C)CCC(n2ccnc2NC2CCCC2)C1. The standard InChI is InChI=1S/C15H25N3/c1-15(2)8-7-13(11-15)18-10-9-16-14(18)17-12-5-3-4-6-12/h9-10,12-13H,3-8,11H2,1-2H3,(H,16,17). The Morgan fingerprint density at radius 3 is 2.72 bits per heavy atom. The number of hydrogen-bond acceptors (Lipinski definition) is 2. The van der Waals surface area contributed by atoms with Gasteiger partial charge < -0.3 is 9.88 Å². The molecule has 100 valence electrons. The van der Waals surface area contributed by atoms with Gasteiger partial charge in [0.05, 0.1) is 0 Å². The maximum atomic E-state index is 4.52. The van der Waals surface area contributed by atoms with Crippen molar-refractivity contribution in [2.24, 2.45) is 5.41 Å². The minimum absolute atomic E-state index is 0.500. The van der Waals surface area contributed by atoms with Crippen LogP contribution in [-0.2, 0) is 0 Å². The molecule has 0 aliphatic heterocycles. The van der Waals surface area contributed by atoms with E-state index in [4.69, 9.17) is 0 Å². The molecular formula is C15H25N3. The van der Waals surface area contributed by atoms with Crippen LogP contribution >= 0.6 is 0 Å². The number of imidazole rings is 1. The molecule has 0 radical (unpaired) electrons. The summed E-state index contributed by atoms with van der Waals surface area (Å²) in [4.78, 5) is 4.52. The lowest BCUT2D eigenvalue weighted by atomic mass is 9.92. The quantitative estimate of drug-likeness (QED) is 0.875. The van der Waals surface area contributed by atoms with Crippen molar-refractivity contribution in [3.05, 3.63) is 12.4 Å². The van der Waals surface area contributed by atoms with E-state index in [1.165, 1.54) is 44.9 Å². The Bertz CT molecular complexity index is 402. The molecule has 2 saturated carbocycles. The fourth-order valence-corrected chi connectivity index (χ4v) is 3.61. The topological polar surface area (TPSA) is 29.9 Å². The molecular weight excluding hydrogens is 222 g/mol.